The summed E-state index contributed by atoms with van der Waals surface area (Å²) in [5, 5.41) is 52.2. The van der Waals surface area contributed by atoms with Crippen LogP contribution in [0.15, 0.2) is 0 Å². The molecule has 0 aromatic carbocycles. The Kier molecular flexibility index (Phi) is 9.69. The average molecular weight is 206 g/mol. The van der Waals surface area contributed by atoms with Crippen LogP contribution in [-0.2, 0) is 0 Å². The molecule has 0 rings (SSSR count). The lowest BCUT2D eigenvalue weighted by molar-refractivity contribution is -0.123. The molecule has 0 saturated carbocycles. The summed E-state index contributed by atoms with van der Waals surface area (Å²) in [5.74, 6) is 0. The van der Waals surface area contributed by atoms with E-state index in [1.807, 2.05) is 0 Å². The van der Waals surface area contributed by atoms with E-state index in [0.29, 0.717) is 0 Å². The standard InChI is InChI=1S/C6H14O6.Mg/c7-1-3(9)5(11)6(12)4(10)2-8;/h3-12H,1-2H2;/t3-,4+,5-,6-;/m1./s1. The molecule has 0 bridgehead atoms. The van der Waals surface area contributed by atoms with Gasteiger partial charge in [-0.25, -0.2) is 0 Å². The van der Waals surface area contributed by atoms with Gasteiger partial charge >= 0.3 is 0 Å². The number of hydrogen-bond acceptors (Lipinski definition) is 6. The quantitative estimate of drug-likeness (QED) is 0.255. The van der Waals surface area contributed by atoms with E-state index in [2.05, 4.69) is 0 Å². The molecule has 0 unspecified atom stereocenters. The minimum atomic E-state index is -1.67. The van der Waals surface area contributed by atoms with Gasteiger partial charge in [0.2, 0.25) is 0 Å². The third-order valence-electron chi connectivity index (χ3n) is 1.51. The first-order chi connectivity index (χ1) is 5.54. The van der Waals surface area contributed by atoms with Crippen molar-refractivity contribution in [1.82, 2.24) is 0 Å². The average Bonchev–Trinajstić information content (AvgIpc) is 2.12. The molecule has 13 heavy (non-hydrogen) atoms. The first-order valence-corrected chi connectivity index (χ1v) is 3.48. The molecule has 0 aliphatic carbocycles. The van der Waals surface area contributed by atoms with Gasteiger partial charge in [0, 0.05) is 23.1 Å². The van der Waals surface area contributed by atoms with E-state index >= 15 is 0 Å². The summed E-state index contributed by atoms with van der Waals surface area (Å²) in [6.07, 6.45) is -6.39. The Balaban J connectivity index is 0. The fraction of sp³-hybridized carbons (Fsp3) is 1.00. The Morgan fingerprint density at radius 2 is 0.923 bits per heavy atom. The van der Waals surface area contributed by atoms with Crippen LogP contribution in [0, 0.1) is 0 Å². The molecule has 0 saturated heterocycles. The molecule has 0 heterocycles. The van der Waals surface area contributed by atoms with Crippen LogP contribution in [0.5, 0.6) is 0 Å². The van der Waals surface area contributed by atoms with Crippen molar-refractivity contribution in [1.29, 1.82) is 0 Å². The first-order valence-electron chi connectivity index (χ1n) is 3.48. The lowest BCUT2D eigenvalue weighted by Gasteiger charge is -2.24. The molecule has 0 aromatic rings. The normalized spacial score (nSPS) is 19.8. The number of hydrogen-bond donors (Lipinski definition) is 6. The van der Waals surface area contributed by atoms with Gasteiger partial charge in [0.1, 0.15) is 24.4 Å². The van der Waals surface area contributed by atoms with Gasteiger partial charge in [-0.2, -0.15) is 0 Å². The van der Waals surface area contributed by atoms with E-state index in [9.17, 15) is 0 Å². The van der Waals surface area contributed by atoms with E-state index in [1.54, 1.807) is 0 Å². The maximum atomic E-state index is 8.96. The van der Waals surface area contributed by atoms with Gasteiger partial charge in [-0.05, 0) is 0 Å². The van der Waals surface area contributed by atoms with E-state index in [4.69, 9.17) is 30.6 Å². The van der Waals surface area contributed by atoms with E-state index in [-0.39, 0.29) is 23.1 Å². The summed E-state index contributed by atoms with van der Waals surface area (Å²) in [7, 11) is 0. The van der Waals surface area contributed by atoms with Crippen molar-refractivity contribution in [2.75, 3.05) is 13.2 Å². The summed E-state index contributed by atoms with van der Waals surface area (Å²) in [6.45, 7) is -1.45. The second-order valence-electron chi connectivity index (χ2n) is 2.48. The van der Waals surface area contributed by atoms with Crippen molar-refractivity contribution in [3.05, 3.63) is 0 Å². The smallest absolute Gasteiger partial charge is 0.111 e. The number of aliphatic hydroxyl groups is 6. The summed E-state index contributed by atoms with van der Waals surface area (Å²) in [6, 6.07) is 0. The zero-order valence-electron chi connectivity index (χ0n) is 7.11. The molecule has 7 heteroatoms. The first kappa shape index (κ1) is 16.0. The number of aliphatic hydroxyl groups excluding tert-OH is 6. The van der Waals surface area contributed by atoms with Crippen LogP contribution >= 0.6 is 0 Å². The van der Waals surface area contributed by atoms with Gasteiger partial charge in [-0.3, -0.25) is 0 Å². The summed E-state index contributed by atoms with van der Waals surface area (Å²) in [4.78, 5) is 0. The highest BCUT2D eigenvalue weighted by Crippen LogP contribution is 2.03. The number of rotatable bonds is 5. The molecule has 6 nitrogen and oxygen atoms in total. The molecule has 2 radical (unpaired) electrons. The van der Waals surface area contributed by atoms with Gasteiger partial charge < -0.3 is 30.6 Å². The van der Waals surface area contributed by atoms with Crippen LogP contribution in [0.1, 0.15) is 0 Å². The summed E-state index contributed by atoms with van der Waals surface area (Å²) < 4.78 is 0. The Bertz CT molecular complexity index is 110. The van der Waals surface area contributed by atoms with Crippen LogP contribution in [0.2, 0.25) is 0 Å². The van der Waals surface area contributed by atoms with Gasteiger partial charge in [0.15, 0.2) is 0 Å². The largest absolute Gasteiger partial charge is 0.394 e. The maximum Gasteiger partial charge on any atom is 0.111 e. The second-order valence-corrected chi connectivity index (χ2v) is 2.48. The SMILES string of the molecule is OC[C@@H](O)[C@@H](O)[C@H](O)[C@@H](O)CO.[Mg]. The Morgan fingerprint density at radius 3 is 1.08 bits per heavy atom. The van der Waals surface area contributed by atoms with Crippen molar-refractivity contribution >= 4 is 23.1 Å². The fourth-order valence-electron chi connectivity index (χ4n) is 0.671. The highest BCUT2D eigenvalue weighted by Gasteiger charge is 2.29. The minimum Gasteiger partial charge on any atom is -0.394 e. The molecule has 76 valence electrons. The predicted molar refractivity (Wildman–Crippen MR) is 44.0 cm³/mol. The molecule has 0 aliphatic heterocycles. The molecule has 0 spiro atoms. The molecular formula is C6H14MgO6. The summed E-state index contributed by atoms with van der Waals surface area (Å²) in [5.41, 5.74) is 0. The Hall–Kier alpha value is 0.526. The molecule has 0 aliphatic rings. The van der Waals surface area contributed by atoms with E-state index < -0.39 is 37.6 Å². The van der Waals surface area contributed by atoms with Gasteiger partial charge in [0.05, 0.1) is 13.2 Å². The lowest BCUT2D eigenvalue weighted by atomic mass is 10.0. The molecule has 4 atom stereocenters. The van der Waals surface area contributed by atoms with Crippen molar-refractivity contribution in [3.8, 4) is 0 Å². The van der Waals surface area contributed by atoms with Crippen molar-refractivity contribution in [2.45, 2.75) is 24.4 Å². The monoisotopic (exact) mass is 206 g/mol. The Morgan fingerprint density at radius 1 is 0.692 bits per heavy atom. The maximum absolute atomic E-state index is 8.96. The lowest BCUT2D eigenvalue weighted by Crippen LogP contribution is -2.46. The van der Waals surface area contributed by atoms with Crippen LogP contribution < -0.4 is 0 Å². The molecule has 0 fully saturated rings. The molecule has 0 aromatic heterocycles. The third kappa shape index (κ3) is 5.08. The van der Waals surface area contributed by atoms with Gasteiger partial charge in [0.25, 0.3) is 0 Å². The van der Waals surface area contributed by atoms with Crippen molar-refractivity contribution in [2.24, 2.45) is 0 Å². The van der Waals surface area contributed by atoms with Gasteiger partial charge in [-0.15, -0.1) is 0 Å². The highest BCUT2D eigenvalue weighted by atomic mass is 24.3. The zero-order valence-corrected chi connectivity index (χ0v) is 8.53. The van der Waals surface area contributed by atoms with E-state index in [0.717, 1.165) is 0 Å². The molecule has 6 N–H and O–H groups in total. The van der Waals surface area contributed by atoms with Crippen molar-refractivity contribution in [3.63, 3.8) is 0 Å². The van der Waals surface area contributed by atoms with Crippen LogP contribution in [0.3, 0.4) is 0 Å². The second kappa shape index (κ2) is 7.89. The third-order valence-corrected chi connectivity index (χ3v) is 1.51. The van der Waals surface area contributed by atoms with Crippen molar-refractivity contribution < 1.29 is 30.6 Å². The Labute approximate surface area is 91.6 Å². The summed E-state index contributed by atoms with van der Waals surface area (Å²) >= 11 is 0. The highest BCUT2D eigenvalue weighted by molar-refractivity contribution is 5.75. The fourth-order valence-corrected chi connectivity index (χ4v) is 0.671. The zero-order chi connectivity index (χ0) is 9.72. The molecule has 0 amide bonds. The molecular weight excluding hydrogens is 192 g/mol. The topological polar surface area (TPSA) is 121 Å². The van der Waals surface area contributed by atoms with Gasteiger partial charge in [-0.1, -0.05) is 0 Å². The van der Waals surface area contributed by atoms with Crippen LogP contribution in [0.4, 0.5) is 0 Å². The van der Waals surface area contributed by atoms with Crippen LogP contribution in [0.25, 0.3) is 0 Å². The minimum absolute atomic E-state index is 0. The predicted octanol–water partition coefficient (Wildman–Crippen LogP) is -3.97. The van der Waals surface area contributed by atoms with Crippen LogP contribution in [-0.4, -0.2) is 91.3 Å². The van der Waals surface area contributed by atoms with E-state index in [1.165, 1.54) is 0 Å².